The predicted octanol–water partition coefficient (Wildman–Crippen LogP) is -0.139. The number of hydrogen-bond donors (Lipinski definition) is 8. The Labute approximate surface area is 172 Å². The minimum atomic E-state index is -1.14. The fraction of sp³-hybridized carbons (Fsp3) is 0.444. The average Bonchev–Trinajstić information content (AvgIpc) is 2.27. The molecule has 0 aromatic carbocycles. The van der Waals surface area contributed by atoms with Crippen LogP contribution in [-0.2, 0) is 9.59 Å². The van der Waals surface area contributed by atoms with Crippen molar-refractivity contribution >= 4 is 65.7 Å². The van der Waals surface area contributed by atoms with Gasteiger partial charge in [-0.3, -0.25) is 9.59 Å². The molecule has 0 bridgehead atoms. The minimum absolute atomic E-state index is 0. The van der Waals surface area contributed by atoms with Gasteiger partial charge in [-0.1, -0.05) is 51.7 Å². The van der Waals surface area contributed by atoms with Crippen molar-refractivity contribution in [2.45, 2.75) is 26.7 Å². The number of aliphatic carboxylic acids is 2. The Morgan fingerprint density at radius 3 is 0.696 bits per heavy atom. The monoisotopic (exact) mass is 406 g/mol. The van der Waals surface area contributed by atoms with E-state index in [9.17, 15) is 9.59 Å². The van der Waals surface area contributed by atoms with E-state index >= 15 is 0 Å². The smallest absolute Gasteiger partial charge is 1.00 e. The van der Waals surface area contributed by atoms with Gasteiger partial charge in [-0.05, 0) is 0 Å². The SMILES string of the molecule is CCC(=O)O.CCC(=O)O.O=C(O)S.O=C(O)S.O=C(O)S.[H-].[Na+]. The van der Waals surface area contributed by atoms with Gasteiger partial charge in [-0.15, -0.1) is 0 Å². The second kappa shape index (κ2) is 33.1. The van der Waals surface area contributed by atoms with E-state index in [2.05, 4.69) is 37.9 Å². The van der Waals surface area contributed by atoms with Gasteiger partial charge in [0.25, 0.3) is 0 Å². The fourth-order valence-corrected chi connectivity index (χ4v) is 0. The molecule has 0 aliphatic carbocycles. The molecule has 134 valence electrons. The third-order valence-corrected chi connectivity index (χ3v) is 0.605. The van der Waals surface area contributed by atoms with Gasteiger partial charge in [0.05, 0.1) is 0 Å². The molecular formula is C9H19NaO10S3. The van der Waals surface area contributed by atoms with Gasteiger partial charge in [0.15, 0.2) is 0 Å². The summed E-state index contributed by atoms with van der Waals surface area (Å²) in [4.78, 5) is 45.3. The third-order valence-electron chi connectivity index (χ3n) is 0.605. The van der Waals surface area contributed by atoms with Gasteiger partial charge in [0.1, 0.15) is 0 Å². The summed E-state index contributed by atoms with van der Waals surface area (Å²) >= 11 is 8.65. The van der Waals surface area contributed by atoms with E-state index in [-0.39, 0.29) is 43.8 Å². The van der Waals surface area contributed by atoms with Crippen molar-refractivity contribution in [2.75, 3.05) is 0 Å². The van der Waals surface area contributed by atoms with Crippen LogP contribution < -0.4 is 29.6 Å². The number of rotatable bonds is 2. The molecule has 0 rings (SSSR count). The summed E-state index contributed by atoms with van der Waals surface area (Å²) < 4.78 is 0. The van der Waals surface area contributed by atoms with E-state index in [1.165, 1.54) is 0 Å². The third kappa shape index (κ3) is 697. The second-order valence-corrected chi connectivity index (χ2v) is 3.49. The topological polar surface area (TPSA) is 186 Å². The van der Waals surface area contributed by atoms with Crippen molar-refractivity contribution in [2.24, 2.45) is 0 Å². The van der Waals surface area contributed by atoms with Crippen molar-refractivity contribution in [3.05, 3.63) is 0 Å². The summed E-state index contributed by atoms with van der Waals surface area (Å²) in [5.74, 6) is -1.49. The van der Waals surface area contributed by atoms with Gasteiger partial charge >= 0.3 is 57.4 Å². The van der Waals surface area contributed by atoms with E-state index < -0.39 is 27.8 Å². The summed E-state index contributed by atoms with van der Waals surface area (Å²) in [5, 5.41) is 33.9. The van der Waals surface area contributed by atoms with Crippen LogP contribution in [-0.4, -0.2) is 53.4 Å². The first-order valence-electron chi connectivity index (χ1n) is 4.93. The van der Waals surface area contributed by atoms with Gasteiger partial charge < -0.3 is 27.0 Å². The molecule has 0 unspecified atom stereocenters. The molecule has 0 fully saturated rings. The number of carboxylic acids is 2. The predicted molar refractivity (Wildman–Crippen MR) is 88.0 cm³/mol. The van der Waals surface area contributed by atoms with Crippen LogP contribution in [0.5, 0.6) is 0 Å². The number of carboxylic acid groups (broad SMARTS) is 5. The Bertz CT molecular complexity index is 289. The maximum Gasteiger partial charge on any atom is 1.00 e. The summed E-state index contributed by atoms with van der Waals surface area (Å²) in [7, 11) is 0. The van der Waals surface area contributed by atoms with Gasteiger partial charge in [0.2, 0.25) is 0 Å². The molecule has 0 amide bonds. The Balaban J connectivity index is -0.0000000296. The quantitative estimate of drug-likeness (QED) is 0.226. The van der Waals surface area contributed by atoms with Crippen molar-refractivity contribution in [1.82, 2.24) is 0 Å². The van der Waals surface area contributed by atoms with Gasteiger partial charge in [-0.2, -0.15) is 0 Å². The van der Waals surface area contributed by atoms with Crippen molar-refractivity contribution < 1.29 is 80.5 Å². The number of thiol groups is 3. The molecule has 0 aliphatic rings. The van der Waals surface area contributed by atoms with Crippen LogP contribution in [0.2, 0.25) is 0 Å². The summed E-state index contributed by atoms with van der Waals surface area (Å²) in [6, 6.07) is 0. The second-order valence-electron chi connectivity index (χ2n) is 2.34. The van der Waals surface area contributed by atoms with Gasteiger partial charge in [0, 0.05) is 12.8 Å². The zero-order valence-corrected chi connectivity index (χ0v) is 17.2. The van der Waals surface area contributed by atoms with Crippen molar-refractivity contribution in [3.8, 4) is 0 Å². The van der Waals surface area contributed by atoms with E-state index in [0.29, 0.717) is 0 Å². The summed E-state index contributed by atoms with van der Waals surface area (Å²) in [5.41, 5.74) is 0. The zero-order valence-electron chi connectivity index (χ0n) is 13.5. The minimum Gasteiger partial charge on any atom is -1.00 e. The molecule has 0 aromatic heterocycles. The van der Waals surface area contributed by atoms with Crippen molar-refractivity contribution in [3.63, 3.8) is 0 Å². The van der Waals surface area contributed by atoms with Gasteiger partial charge in [-0.25, -0.2) is 14.4 Å². The van der Waals surface area contributed by atoms with Crippen LogP contribution in [0.4, 0.5) is 14.4 Å². The maximum atomic E-state index is 9.37. The van der Waals surface area contributed by atoms with Crippen LogP contribution in [0, 0.1) is 0 Å². The molecule has 10 nitrogen and oxygen atoms in total. The molecule has 5 N–H and O–H groups in total. The molecule has 0 saturated carbocycles. The summed E-state index contributed by atoms with van der Waals surface area (Å²) in [6.07, 6.45) is 0.444. The van der Waals surface area contributed by atoms with E-state index in [0.717, 1.165) is 0 Å². The molecule has 0 heterocycles. The van der Waals surface area contributed by atoms with Crippen LogP contribution >= 0.6 is 37.9 Å². The molecule has 0 saturated heterocycles. The largest absolute Gasteiger partial charge is 1.00 e. The van der Waals surface area contributed by atoms with E-state index in [1.807, 2.05) is 0 Å². The molecular weight excluding hydrogens is 387 g/mol. The average molecular weight is 406 g/mol. The first-order valence-corrected chi connectivity index (χ1v) is 6.27. The van der Waals surface area contributed by atoms with Crippen LogP contribution in [0.1, 0.15) is 28.1 Å². The Hall–Kier alpha value is -0.600. The van der Waals surface area contributed by atoms with Crippen molar-refractivity contribution in [1.29, 1.82) is 0 Å². The molecule has 0 aliphatic heterocycles. The Kier molecular flexibility index (Phi) is 54.9. The molecule has 0 atom stereocenters. The zero-order chi connectivity index (χ0) is 19.3. The Morgan fingerprint density at radius 2 is 0.696 bits per heavy atom. The van der Waals surface area contributed by atoms with E-state index in [4.69, 9.17) is 39.9 Å². The molecule has 0 radical (unpaired) electrons. The first kappa shape index (κ1) is 38.1. The standard InChI is InChI=1S/2C3H6O2.3CH2O2S.Na.H/c2*1-2-3(4)5;3*2-1(3)4;;/h2*2H2,1H3,(H,4,5);3*4H,(H,2,3);;/q;;;;;+1;-1. The molecule has 0 aromatic rings. The fourth-order valence-electron chi connectivity index (χ4n) is 0. The Morgan fingerprint density at radius 1 is 0.652 bits per heavy atom. The normalized spacial score (nSPS) is 6.48. The molecule has 23 heavy (non-hydrogen) atoms. The van der Waals surface area contributed by atoms with Crippen LogP contribution in [0.3, 0.4) is 0 Å². The first-order chi connectivity index (χ1) is 9.74. The number of carbonyl (C=O) groups is 5. The maximum absolute atomic E-state index is 9.37. The van der Waals surface area contributed by atoms with E-state index in [1.54, 1.807) is 13.8 Å². The summed E-state index contributed by atoms with van der Waals surface area (Å²) in [6.45, 7) is 3.20. The number of hydrogen-bond acceptors (Lipinski definition) is 5. The van der Waals surface area contributed by atoms with Crippen LogP contribution in [0.15, 0.2) is 0 Å². The van der Waals surface area contributed by atoms with Crippen LogP contribution in [0.25, 0.3) is 0 Å². The molecule has 0 spiro atoms. The molecule has 14 heteroatoms.